The molecule has 0 radical (unpaired) electrons. The first-order valence-corrected chi connectivity index (χ1v) is 9.75. The van der Waals surface area contributed by atoms with Crippen molar-refractivity contribution >= 4 is 22.7 Å². The molecule has 1 atom stereocenters. The average molecular weight is 365 g/mol. The van der Waals surface area contributed by atoms with E-state index in [0.717, 1.165) is 59.6 Å². The fraction of sp³-hybridized carbons (Fsp3) is 0.429. The fourth-order valence-corrected chi connectivity index (χ4v) is 4.43. The number of benzene rings is 1. The Kier molecular flexibility index (Phi) is 3.92. The molecule has 0 bridgehead atoms. The minimum Gasteiger partial charge on any atom is -0.459 e. The number of rotatable bonds is 2. The number of hydrogen-bond donors (Lipinski definition) is 1. The van der Waals surface area contributed by atoms with Gasteiger partial charge in [-0.3, -0.25) is 0 Å². The maximum absolute atomic E-state index is 13.0. The van der Waals surface area contributed by atoms with Gasteiger partial charge >= 0.3 is 6.03 Å². The van der Waals surface area contributed by atoms with Crippen molar-refractivity contribution in [3.05, 3.63) is 47.0 Å². The van der Waals surface area contributed by atoms with Gasteiger partial charge in [-0.25, -0.2) is 4.79 Å². The molecule has 5 rings (SSSR count). The number of fused-ring (bicyclic) bond motifs is 3. The molecule has 1 saturated heterocycles. The van der Waals surface area contributed by atoms with Crippen molar-refractivity contribution in [3.8, 4) is 0 Å². The maximum atomic E-state index is 13.0. The van der Waals surface area contributed by atoms with E-state index in [-0.39, 0.29) is 12.1 Å². The van der Waals surface area contributed by atoms with Crippen molar-refractivity contribution in [2.45, 2.75) is 51.5 Å². The van der Waals surface area contributed by atoms with E-state index < -0.39 is 0 Å². The second-order valence-corrected chi connectivity index (χ2v) is 7.54. The van der Waals surface area contributed by atoms with Gasteiger partial charge in [-0.1, -0.05) is 17.3 Å². The van der Waals surface area contributed by atoms with Crippen LogP contribution in [0.2, 0.25) is 0 Å². The molecule has 6 heteroatoms. The Hall–Kier alpha value is -2.76. The zero-order valence-electron chi connectivity index (χ0n) is 15.5. The highest BCUT2D eigenvalue weighted by atomic mass is 16.5. The van der Waals surface area contributed by atoms with E-state index in [1.807, 2.05) is 30.0 Å². The van der Waals surface area contributed by atoms with E-state index in [9.17, 15) is 4.79 Å². The molecule has 0 saturated carbocycles. The molecule has 2 aromatic heterocycles. The lowest BCUT2D eigenvalue weighted by Crippen LogP contribution is -2.34. The summed E-state index contributed by atoms with van der Waals surface area (Å²) in [5.41, 5.74) is 3.68. The summed E-state index contributed by atoms with van der Waals surface area (Å²) in [4.78, 5) is 14.9. The molecule has 1 N–H and O–H groups in total. The van der Waals surface area contributed by atoms with Gasteiger partial charge < -0.3 is 19.2 Å². The number of para-hydroxylation sites is 1. The molecule has 1 aliphatic carbocycles. The Balaban J connectivity index is 1.43. The molecule has 1 fully saturated rings. The Morgan fingerprint density at radius 2 is 2.15 bits per heavy atom. The first-order chi connectivity index (χ1) is 13.2. The van der Waals surface area contributed by atoms with Crippen LogP contribution in [0.4, 0.5) is 10.5 Å². The zero-order chi connectivity index (χ0) is 18.4. The third kappa shape index (κ3) is 2.80. The molecule has 2 amide bonds. The normalized spacial score (nSPS) is 19.4. The summed E-state index contributed by atoms with van der Waals surface area (Å²) in [6, 6.07) is 7.77. The van der Waals surface area contributed by atoms with Crippen LogP contribution in [0.25, 0.3) is 11.0 Å². The van der Waals surface area contributed by atoms with Gasteiger partial charge in [0.2, 0.25) is 0 Å². The number of likely N-dealkylation sites (tertiary alicyclic amines) is 1. The Morgan fingerprint density at radius 3 is 3.00 bits per heavy atom. The molecule has 140 valence electrons. The molecule has 1 unspecified atom stereocenters. The second-order valence-electron chi connectivity index (χ2n) is 7.54. The summed E-state index contributed by atoms with van der Waals surface area (Å²) in [5.74, 6) is 1.85. The molecule has 3 aromatic rings. The van der Waals surface area contributed by atoms with Crippen LogP contribution in [-0.2, 0) is 12.8 Å². The van der Waals surface area contributed by atoms with Gasteiger partial charge in [0.25, 0.3) is 0 Å². The molecule has 6 nitrogen and oxygen atoms in total. The smallest absolute Gasteiger partial charge is 0.322 e. The van der Waals surface area contributed by atoms with E-state index in [2.05, 4.69) is 16.5 Å². The third-order valence-electron chi connectivity index (χ3n) is 5.73. The number of aromatic nitrogens is 1. The van der Waals surface area contributed by atoms with Gasteiger partial charge in [-0.15, -0.1) is 0 Å². The van der Waals surface area contributed by atoms with Gasteiger partial charge in [0.1, 0.15) is 17.2 Å². The number of carbonyl (C=O) groups is 1. The number of aryl methyl sites for hydroxylation is 3. The van der Waals surface area contributed by atoms with Crippen LogP contribution in [0.1, 0.15) is 54.5 Å². The molecule has 1 aliphatic heterocycles. The molecular weight excluding hydrogens is 342 g/mol. The van der Waals surface area contributed by atoms with Crippen molar-refractivity contribution in [2.24, 2.45) is 0 Å². The Morgan fingerprint density at radius 1 is 1.26 bits per heavy atom. The first-order valence-electron chi connectivity index (χ1n) is 9.75. The van der Waals surface area contributed by atoms with Crippen molar-refractivity contribution in [1.82, 2.24) is 10.1 Å². The lowest BCUT2D eigenvalue weighted by atomic mass is 9.96. The fourth-order valence-electron chi connectivity index (χ4n) is 4.43. The average Bonchev–Trinajstić information content (AvgIpc) is 3.39. The molecule has 3 heterocycles. The van der Waals surface area contributed by atoms with Crippen LogP contribution in [0.3, 0.4) is 0 Å². The predicted molar refractivity (Wildman–Crippen MR) is 102 cm³/mol. The number of nitrogens with one attached hydrogen (secondary N) is 1. The van der Waals surface area contributed by atoms with E-state index >= 15 is 0 Å². The standard InChI is InChI=1S/C21H23N3O3/c1-13-12-17(23-27-13)18-9-5-11-24(18)21(25)22-16-8-4-7-15-14-6-2-3-10-19(14)26-20(15)16/h4,7-8,12,18H,2-3,5-6,9-11H2,1H3,(H,22,25). The molecule has 27 heavy (non-hydrogen) atoms. The summed E-state index contributed by atoms with van der Waals surface area (Å²) in [6.07, 6.45) is 6.27. The summed E-state index contributed by atoms with van der Waals surface area (Å²) >= 11 is 0. The molecule has 1 aromatic carbocycles. The third-order valence-corrected chi connectivity index (χ3v) is 5.73. The quantitative estimate of drug-likeness (QED) is 0.695. The van der Waals surface area contributed by atoms with Crippen LogP contribution in [0, 0.1) is 6.92 Å². The van der Waals surface area contributed by atoms with Crippen LogP contribution >= 0.6 is 0 Å². The molecule has 0 spiro atoms. The maximum Gasteiger partial charge on any atom is 0.322 e. The Bertz CT molecular complexity index is 1000. The highest BCUT2D eigenvalue weighted by molar-refractivity contribution is 6.00. The Labute approximate surface area is 157 Å². The van der Waals surface area contributed by atoms with Gasteiger partial charge in [0.05, 0.1) is 11.7 Å². The van der Waals surface area contributed by atoms with Gasteiger partial charge in [0, 0.05) is 30.0 Å². The number of carbonyl (C=O) groups excluding carboxylic acids is 1. The van der Waals surface area contributed by atoms with Gasteiger partial charge in [0.15, 0.2) is 5.58 Å². The van der Waals surface area contributed by atoms with E-state index in [0.29, 0.717) is 6.54 Å². The summed E-state index contributed by atoms with van der Waals surface area (Å²) in [6.45, 7) is 2.59. The number of nitrogens with zero attached hydrogens (tertiary/aromatic N) is 2. The number of anilines is 1. The van der Waals surface area contributed by atoms with E-state index in [4.69, 9.17) is 8.94 Å². The van der Waals surface area contributed by atoms with Crippen LogP contribution in [0.15, 0.2) is 33.2 Å². The topological polar surface area (TPSA) is 71.5 Å². The van der Waals surface area contributed by atoms with Gasteiger partial charge in [-0.2, -0.15) is 0 Å². The summed E-state index contributed by atoms with van der Waals surface area (Å²) in [5, 5.41) is 8.33. The van der Waals surface area contributed by atoms with Crippen molar-refractivity contribution in [1.29, 1.82) is 0 Å². The predicted octanol–water partition coefficient (Wildman–Crippen LogP) is 4.98. The van der Waals surface area contributed by atoms with Crippen LogP contribution in [0.5, 0.6) is 0 Å². The van der Waals surface area contributed by atoms with Gasteiger partial charge in [-0.05, 0) is 45.1 Å². The number of urea groups is 1. The van der Waals surface area contributed by atoms with Crippen LogP contribution < -0.4 is 5.32 Å². The molecular formula is C21H23N3O3. The first kappa shape index (κ1) is 16.4. The summed E-state index contributed by atoms with van der Waals surface area (Å²) in [7, 11) is 0. The van der Waals surface area contributed by atoms with E-state index in [1.54, 1.807) is 0 Å². The largest absolute Gasteiger partial charge is 0.459 e. The summed E-state index contributed by atoms with van der Waals surface area (Å²) < 4.78 is 11.3. The highest BCUT2D eigenvalue weighted by Gasteiger charge is 2.32. The van der Waals surface area contributed by atoms with E-state index in [1.165, 1.54) is 18.4 Å². The minimum atomic E-state index is -0.111. The van der Waals surface area contributed by atoms with Crippen molar-refractivity contribution in [3.63, 3.8) is 0 Å². The van der Waals surface area contributed by atoms with Crippen molar-refractivity contribution < 1.29 is 13.7 Å². The van der Waals surface area contributed by atoms with Crippen molar-refractivity contribution in [2.75, 3.05) is 11.9 Å². The lowest BCUT2D eigenvalue weighted by molar-refractivity contribution is 0.204. The minimum absolute atomic E-state index is 0.0357. The molecule has 2 aliphatic rings. The second kappa shape index (κ2) is 6.44. The number of furan rings is 1. The SMILES string of the molecule is Cc1cc(C2CCCN2C(=O)Nc2cccc3c4c(oc23)CCCC4)no1. The number of amides is 2. The van der Waals surface area contributed by atoms with Crippen LogP contribution in [-0.4, -0.2) is 22.6 Å². The number of hydrogen-bond acceptors (Lipinski definition) is 4. The zero-order valence-corrected chi connectivity index (χ0v) is 15.5. The lowest BCUT2D eigenvalue weighted by Gasteiger charge is -2.23. The monoisotopic (exact) mass is 365 g/mol. The highest BCUT2D eigenvalue weighted by Crippen LogP contribution is 2.37.